The molecule has 0 aliphatic rings. The summed E-state index contributed by atoms with van der Waals surface area (Å²) >= 11 is 0. The van der Waals surface area contributed by atoms with Crippen LogP contribution < -0.4 is 10.6 Å². The Hall–Kier alpha value is -2.12. The van der Waals surface area contributed by atoms with Gasteiger partial charge in [0.2, 0.25) is 0 Å². The van der Waals surface area contributed by atoms with Crippen molar-refractivity contribution in [3.05, 3.63) is 35.9 Å². The zero-order valence-corrected chi connectivity index (χ0v) is 13.5. The second-order valence-corrected chi connectivity index (χ2v) is 4.83. The zero-order valence-electron chi connectivity index (χ0n) is 13.5. The van der Waals surface area contributed by atoms with Crippen LogP contribution in [-0.2, 0) is 25.6 Å². The third-order valence-corrected chi connectivity index (χ3v) is 3.05. The number of hydrogen-bond donors (Lipinski definition) is 2. The molecular weight excluding hydrogens is 300 g/mol. The van der Waals surface area contributed by atoms with E-state index in [1.54, 1.807) is 0 Å². The summed E-state index contributed by atoms with van der Waals surface area (Å²) in [4.78, 5) is 23.0. The molecule has 0 aliphatic heterocycles. The molecule has 2 N–H and O–H groups in total. The van der Waals surface area contributed by atoms with Crippen LogP contribution in [0.5, 0.6) is 0 Å². The minimum atomic E-state index is -0.505. The second-order valence-electron chi connectivity index (χ2n) is 4.83. The maximum absolute atomic E-state index is 11.5. The first-order chi connectivity index (χ1) is 11.2. The molecule has 1 rings (SSSR count). The zero-order chi connectivity index (χ0) is 16.9. The van der Waals surface area contributed by atoms with Crippen LogP contribution >= 0.6 is 0 Å². The van der Waals surface area contributed by atoms with Crippen LogP contribution in [0.4, 0.5) is 4.79 Å². The van der Waals surface area contributed by atoms with Gasteiger partial charge in [0.15, 0.2) is 0 Å². The molecule has 1 atom stereocenters. The molecule has 7 heteroatoms. The molecule has 1 aromatic carbocycles. The summed E-state index contributed by atoms with van der Waals surface area (Å²) in [5.41, 5.74) is 0.935. The maximum Gasteiger partial charge on any atom is 0.407 e. The minimum Gasteiger partial charge on any atom is -0.468 e. The highest BCUT2D eigenvalue weighted by Crippen LogP contribution is 2.00. The van der Waals surface area contributed by atoms with Crippen molar-refractivity contribution >= 4 is 12.1 Å². The lowest BCUT2D eigenvalue weighted by molar-refractivity contribution is -0.144. The number of methoxy groups -OCH3 is 2. The van der Waals surface area contributed by atoms with Gasteiger partial charge in [-0.25, -0.2) is 4.79 Å². The van der Waals surface area contributed by atoms with Crippen molar-refractivity contribution in [2.24, 2.45) is 0 Å². The molecule has 1 aromatic rings. The van der Waals surface area contributed by atoms with Gasteiger partial charge >= 0.3 is 12.1 Å². The third kappa shape index (κ3) is 8.18. The summed E-state index contributed by atoms with van der Waals surface area (Å²) in [5, 5.41) is 5.66. The number of hydrogen-bond acceptors (Lipinski definition) is 6. The third-order valence-electron chi connectivity index (χ3n) is 3.05. The highest BCUT2D eigenvalue weighted by Gasteiger charge is 2.17. The molecule has 7 nitrogen and oxygen atoms in total. The number of amides is 1. The van der Waals surface area contributed by atoms with Crippen molar-refractivity contribution in [3.8, 4) is 0 Å². The molecule has 0 saturated carbocycles. The quantitative estimate of drug-likeness (QED) is 0.495. The fourth-order valence-electron chi connectivity index (χ4n) is 1.85. The monoisotopic (exact) mass is 324 g/mol. The molecule has 0 heterocycles. The first-order valence-electron chi connectivity index (χ1n) is 7.42. The van der Waals surface area contributed by atoms with Crippen molar-refractivity contribution in [1.29, 1.82) is 0 Å². The number of nitrogens with one attached hydrogen (secondary N) is 2. The lowest BCUT2D eigenvalue weighted by Crippen LogP contribution is -2.42. The summed E-state index contributed by atoms with van der Waals surface area (Å²) in [6.07, 6.45) is 0.188. The summed E-state index contributed by atoms with van der Waals surface area (Å²) < 4.78 is 14.7. The van der Waals surface area contributed by atoms with Crippen LogP contribution in [0.2, 0.25) is 0 Å². The summed E-state index contributed by atoms with van der Waals surface area (Å²) in [7, 11) is 2.85. The van der Waals surface area contributed by atoms with Crippen LogP contribution in [0.25, 0.3) is 0 Å². The number of esters is 1. The Morgan fingerprint density at radius 2 is 1.87 bits per heavy atom. The fourth-order valence-corrected chi connectivity index (χ4v) is 1.85. The van der Waals surface area contributed by atoms with E-state index in [0.717, 1.165) is 5.56 Å². The van der Waals surface area contributed by atoms with E-state index < -0.39 is 12.1 Å². The van der Waals surface area contributed by atoms with Crippen molar-refractivity contribution in [3.63, 3.8) is 0 Å². The van der Waals surface area contributed by atoms with E-state index in [0.29, 0.717) is 19.5 Å². The standard InChI is InChI=1S/C16H24N2O5/c1-21-12-14(15(19)22-2)17-9-6-10-18-16(20)23-11-13-7-4-3-5-8-13/h3-5,7-8,14,17H,6,9-12H2,1-2H3,(H,18,20). The minimum absolute atomic E-state index is 0.235. The first kappa shape index (κ1) is 18.9. The van der Waals surface area contributed by atoms with E-state index in [1.807, 2.05) is 30.3 Å². The first-order valence-corrected chi connectivity index (χ1v) is 7.42. The molecule has 23 heavy (non-hydrogen) atoms. The lowest BCUT2D eigenvalue weighted by Gasteiger charge is -2.15. The van der Waals surface area contributed by atoms with Crippen LogP contribution in [0.1, 0.15) is 12.0 Å². The Labute approximate surface area is 136 Å². The predicted molar refractivity (Wildman–Crippen MR) is 84.9 cm³/mol. The summed E-state index contributed by atoms with van der Waals surface area (Å²) in [6.45, 7) is 1.46. The lowest BCUT2D eigenvalue weighted by atomic mass is 10.2. The van der Waals surface area contributed by atoms with Gasteiger partial charge in [0, 0.05) is 13.7 Å². The van der Waals surface area contributed by atoms with Crippen molar-refractivity contribution in [2.45, 2.75) is 19.1 Å². The smallest absolute Gasteiger partial charge is 0.407 e. The topological polar surface area (TPSA) is 85.9 Å². The highest BCUT2D eigenvalue weighted by atomic mass is 16.5. The van der Waals surface area contributed by atoms with Crippen LogP contribution in [0.15, 0.2) is 30.3 Å². The number of alkyl carbamates (subject to hydrolysis) is 1. The fraction of sp³-hybridized carbons (Fsp3) is 0.500. The Morgan fingerprint density at radius 3 is 2.52 bits per heavy atom. The SMILES string of the molecule is COCC(NCCCNC(=O)OCc1ccccc1)C(=O)OC. The van der Waals surface area contributed by atoms with Gasteiger partial charge in [0.1, 0.15) is 12.6 Å². The highest BCUT2D eigenvalue weighted by molar-refractivity contribution is 5.75. The van der Waals surface area contributed by atoms with Gasteiger partial charge in [-0.2, -0.15) is 0 Å². The van der Waals surface area contributed by atoms with E-state index in [1.165, 1.54) is 14.2 Å². The number of ether oxygens (including phenoxy) is 3. The average molecular weight is 324 g/mol. The molecule has 0 aromatic heterocycles. The van der Waals surface area contributed by atoms with Crippen molar-refractivity contribution < 1.29 is 23.8 Å². The molecule has 128 valence electrons. The van der Waals surface area contributed by atoms with E-state index in [4.69, 9.17) is 9.47 Å². The van der Waals surface area contributed by atoms with E-state index >= 15 is 0 Å². The number of rotatable bonds is 10. The van der Waals surface area contributed by atoms with E-state index in [-0.39, 0.29) is 19.2 Å². The number of benzene rings is 1. The largest absolute Gasteiger partial charge is 0.468 e. The maximum atomic E-state index is 11.5. The molecule has 1 amide bonds. The second kappa shape index (κ2) is 11.4. The summed E-state index contributed by atoms with van der Waals surface area (Å²) in [6, 6.07) is 8.96. The van der Waals surface area contributed by atoms with Gasteiger partial charge in [-0.15, -0.1) is 0 Å². The molecule has 0 saturated heterocycles. The van der Waals surface area contributed by atoms with Gasteiger partial charge in [-0.3, -0.25) is 4.79 Å². The summed E-state index contributed by atoms with van der Waals surface area (Å²) in [5.74, 6) is -0.373. The average Bonchev–Trinajstić information content (AvgIpc) is 2.59. The van der Waals surface area contributed by atoms with Gasteiger partial charge < -0.3 is 24.8 Å². The van der Waals surface area contributed by atoms with Crippen LogP contribution in [0.3, 0.4) is 0 Å². The Balaban J connectivity index is 2.11. The van der Waals surface area contributed by atoms with Gasteiger partial charge in [0.25, 0.3) is 0 Å². The Kier molecular flexibility index (Phi) is 9.42. The van der Waals surface area contributed by atoms with Crippen molar-refractivity contribution in [2.75, 3.05) is 33.9 Å². The Bertz CT molecular complexity index is 467. The molecule has 1 unspecified atom stereocenters. The molecular formula is C16H24N2O5. The predicted octanol–water partition coefficient (Wildman–Crippen LogP) is 1.08. The Morgan fingerprint density at radius 1 is 1.13 bits per heavy atom. The van der Waals surface area contributed by atoms with Crippen LogP contribution in [-0.4, -0.2) is 52.0 Å². The van der Waals surface area contributed by atoms with E-state index in [9.17, 15) is 9.59 Å². The van der Waals surface area contributed by atoms with Gasteiger partial charge in [0.05, 0.1) is 13.7 Å². The van der Waals surface area contributed by atoms with Gasteiger partial charge in [-0.05, 0) is 18.5 Å². The number of carbonyl (C=O) groups excluding carboxylic acids is 2. The molecule has 0 bridgehead atoms. The van der Waals surface area contributed by atoms with Gasteiger partial charge in [-0.1, -0.05) is 30.3 Å². The number of carbonyl (C=O) groups is 2. The van der Waals surface area contributed by atoms with Crippen LogP contribution in [0, 0.1) is 0 Å². The van der Waals surface area contributed by atoms with E-state index in [2.05, 4.69) is 15.4 Å². The van der Waals surface area contributed by atoms with Crippen molar-refractivity contribution in [1.82, 2.24) is 10.6 Å². The molecule has 0 fully saturated rings. The normalized spacial score (nSPS) is 11.6. The molecule has 0 aliphatic carbocycles. The molecule has 0 spiro atoms. The molecule has 0 radical (unpaired) electrons.